The zero-order valence-corrected chi connectivity index (χ0v) is 29.1. The van der Waals surface area contributed by atoms with Crippen molar-refractivity contribution in [2.24, 2.45) is 0 Å². The van der Waals surface area contributed by atoms with E-state index >= 15 is 0 Å². The second kappa shape index (κ2) is 12.6. The smallest absolute Gasteiger partial charge is 0.346 e. The van der Waals surface area contributed by atoms with Crippen molar-refractivity contribution in [3.05, 3.63) is 117 Å². The Hall–Kier alpha value is -5.32. The molecule has 0 fully saturated rings. The van der Waals surface area contributed by atoms with Crippen molar-refractivity contribution in [1.29, 1.82) is 10.5 Å². The van der Waals surface area contributed by atoms with E-state index in [4.69, 9.17) is 20.0 Å². The van der Waals surface area contributed by atoms with Crippen LogP contribution in [-0.2, 0) is 23.0 Å². The van der Waals surface area contributed by atoms with E-state index < -0.39 is 93.5 Å². The zero-order valence-electron chi connectivity index (χ0n) is 29.1. The van der Waals surface area contributed by atoms with Crippen molar-refractivity contribution in [3.8, 4) is 35.1 Å². The number of hydrogen-bond donors (Lipinski definition) is 2. The van der Waals surface area contributed by atoms with E-state index in [0.717, 1.165) is 48.5 Å². The highest BCUT2D eigenvalue weighted by Gasteiger charge is 2.78. The molecule has 56 heavy (non-hydrogen) atoms. The Morgan fingerprint density at radius 1 is 0.589 bits per heavy atom. The first-order chi connectivity index (χ1) is 26.1. The van der Waals surface area contributed by atoms with Gasteiger partial charge in [-0.2, -0.15) is 45.6 Å². The monoisotopic (exact) mass is 790 g/mol. The summed E-state index contributed by atoms with van der Waals surface area (Å²) in [5, 5.41) is 39.1. The van der Waals surface area contributed by atoms with Gasteiger partial charge in [-0.25, -0.2) is 8.78 Å². The summed E-state index contributed by atoms with van der Waals surface area (Å²) in [6.45, 7) is 3.31. The lowest BCUT2D eigenvalue weighted by atomic mass is 9.74. The molecule has 0 saturated heterocycles. The van der Waals surface area contributed by atoms with Gasteiger partial charge in [0, 0.05) is 45.5 Å². The van der Waals surface area contributed by atoms with Crippen LogP contribution in [0.3, 0.4) is 0 Å². The van der Waals surface area contributed by atoms with Gasteiger partial charge in [0.1, 0.15) is 34.6 Å². The van der Waals surface area contributed by atoms with Crippen LogP contribution in [0.25, 0.3) is 0 Å². The van der Waals surface area contributed by atoms with Crippen molar-refractivity contribution in [1.82, 2.24) is 0 Å². The van der Waals surface area contributed by atoms with E-state index in [9.17, 15) is 54.1 Å². The highest BCUT2D eigenvalue weighted by molar-refractivity contribution is 5.60. The molecule has 0 aliphatic heterocycles. The van der Waals surface area contributed by atoms with Crippen LogP contribution in [0.5, 0.6) is 23.0 Å². The highest BCUT2D eigenvalue weighted by atomic mass is 19.3. The van der Waals surface area contributed by atoms with E-state index in [-0.39, 0.29) is 58.1 Å². The number of benzene rings is 4. The third kappa shape index (κ3) is 5.29. The van der Waals surface area contributed by atoms with Crippen molar-refractivity contribution >= 4 is 0 Å². The van der Waals surface area contributed by atoms with Crippen LogP contribution in [-0.4, -0.2) is 22.1 Å². The molecule has 2 N–H and O–H groups in total. The summed E-state index contributed by atoms with van der Waals surface area (Å²) >= 11 is 0. The number of ether oxygens (including phenoxy) is 2. The predicted molar refractivity (Wildman–Crippen MR) is 176 cm³/mol. The van der Waals surface area contributed by atoms with Gasteiger partial charge in [0.15, 0.2) is 11.2 Å². The van der Waals surface area contributed by atoms with Gasteiger partial charge in [0.25, 0.3) is 0 Å². The molecule has 0 saturated carbocycles. The van der Waals surface area contributed by atoms with Gasteiger partial charge < -0.3 is 19.7 Å². The largest absolute Gasteiger partial charge is 0.457 e. The number of alkyl halides is 8. The standard InChI is InChI=1S/2C20H14F5NO2/c2*1-10-4-5-18(27)17-14(19(22,23)20(18,24)25)2-3-15(16(10)17)28-13-7-11(9-26)6-12(21)8-13/h2*2-3,6-8,10,27H,4-5H2,1H3/t2*10-,18-/m10/s1. The molecule has 0 heterocycles. The van der Waals surface area contributed by atoms with Crippen LogP contribution in [0.4, 0.5) is 43.9 Å². The molecule has 16 heteroatoms. The minimum atomic E-state index is -4.66. The average molecular weight is 791 g/mol. The quantitative estimate of drug-likeness (QED) is 0.199. The highest BCUT2D eigenvalue weighted by Crippen LogP contribution is 2.68. The first-order valence-electron chi connectivity index (χ1n) is 17.1. The molecule has 0 spiro atoms. The molecule has 0 unspecified atom stereocenters. The molecule has 0 bridgehead atoms. The number of rotatable bonds is 4. The molecule has 0 radical (unpaired) electrons. The molecule has 4 aliphatic rings. The topological polar surface area (TPSA) is 106 Å². The van der Waals surface area contributed by atoms with Crippen molar-refractivity contribution in [2.45, 2.75) is 86.3 Å². The van der Waals surface area contributed by atoms with E-state index in [1.54, 1.807) is 26.0 Å². The Kier molecular flexibility index (Phi) is 8.76. The Morgan fingerprint density at radius 2 is 0.946 bits per heavy atom. The SMILES string of the molecule is C[C@@H]1CC[C@@]2(O)c3c(ccc(Oc4cc(F)cc(C#N)c4)c31)C(F)(F)C2(F)F.C[C@H]1CC[C@]2(O)c3c(ccc(Oc4cc(F)cc(C#N)c4)c31)C(F)(F)C2(F)F. The van der Waals surface area contributed by atoms with Gasteiger partial charge in [0.05, 0.1) is 23.3 Å². The summed E-state index contributed by atoms with van der Waals surface area (Å²) in [6.07, 6.45) is -0.944. The van der Waals surface area contributed by atoms with Gasteiger partial charge in [-0.3, -0.25) is 0 Å². The molecule has 4 atom stereocenters. The Balaban J connectivity index is 0.000000172. The zero-order chi connectivity index (χ0) is 41.0. The number of nitrogens with zero attached hydrogens (tertiary/aromatic N) is 2. The number of nitriles is 2. The fourth-order valence-electron chi connectivity index (χ4n) is 8.27. The average Bonchev–Trinajstić information content (AvgIpc) is 3.33. The molecule has 0 amide bonds. The van der Waals surface area contributed by atoms with Gasteiger partial charge in [0.2, 0.25) is 0 Å². The lowest BCUT2D eigenvalue weighted by Crippen LogP contribution is -2.50. The van der Waals surface area contributed by atoms with Crippen LogP contribution < -0.4 is 9.47 Å². The fourth-order valence-corrected chi connectivity index (χ4v) is 8.27. The van der Waals surface area contributed by atoms with E-state index in [1.807, 2.05) is 0 Å². The Bertz CT molecular complexity index is 2220. The normalized spacial score (nSPS) is 26.4. The summed E-state index contributed by atoms with van der Waals surface area (Å²) in [5.41, 5.74) is -8.85. The summed E-state index contributed by atoms with van der Waals surface area (Å²) < 4.78 is 154. The van der Waals surface area contributed by atoms with E-state index in [1.165, 1.54) is 12.1 Å². The molecule has 292 valence electrons. The summed E-state index contributed by atoms with van der Waals surface area (Å²) in [6, 6.07) is 13.8. The Morgan fingerprint density at radius 3 is 1.29 bits per heavy atom. The first kappa shape index (κ1) is 38.9. The van der Waals surface area contributed by atoms with Gasteiger partial charge in [-0.15, -0.1) is 0 Å². The minimum absolute atomic E-state index is 0.0209. The van der Waals surface area contributed by atoms with Crippen LogP contribution in [0.2, 0.25) is 0 Å². The number of halogens is 10. The van der Waals surface area contributed by atoms with E-state index in [2.05, 4.69) is 0 Å². The molecule has 0 aromatic heterocycles. The van der Waals surface area contributed by atoms with Gasteiger partial charge in [-0.05, 0) is 86.1 Å². The van der Waals surface area contributed by atoms with Crippen LogP contribution in [0, 0.1) is 34.3 Å². The lowest BCUT2D eigenvalue weighted by molar-refractivity contribution is -0.289. The van der Waals surface area contributed by atoms with Crippen LogP contribution in [0.15, 0.2) is 60.7 Å². The molecular formula is C40H28F10N2O4. The molecule has 6 nitrogen and oxygen atoms in total. The van der Waals surface area contributed by atoms with Crippen LogP contribution in [0.1, 0.15) is 95.9 Å². The second-order valence-corrected chi connectivity index (χ2v) is 14.5. The molecule has 4 aromatic carbocycles. The maximum Gasteiger partial charge on any atom is 0.346 e. The molecule has 8 rings (SSSR count). The fraction of sp³-hybridized carbons (Fsp3) is 0.350. The van der Waals surface area contributed by atoms with E-state index in [0.29, 0.717) is 0 Å². The summed E-state index contributed by atoms with van der Waals surface area (Å²) in [7, 11) is 0. The molecule has 4 aromatic rings. The van der Waals surface area contributed by atoms with Gasteiger partial charge in [-0.1, -0.05) is 13.8 Å². The third-order valence-corrected chi connectivity index (χ3v) is 11.1. The number of hydrogen-bond acceptors (Lipinski definition) is 6. The number of aliphatic hydroxyl groups is 2. The summed E-state index contributed by atoms with van der Waals surface area (Å²) in [5.74, 6) is -21.0. The lowest BCUT2D eigenvalue weighted by Gasteiger charge is -2.38. The van der Waals surface area contributed by atoms with Gasteiger partial charge >= 0.3 is 23.7 Å². The van der Waals surface area contributed by atoms with Crippen LogP contribution >= 0.6 is 0 Å². The van der Waals surface area contributed by atoms with Crippen molar-refractivity contribution < 1.29 is 63.6 Å². The first-order valence-corrected chi connectivity index (χ1v) is 17.1. The van der Waals surface area contributed by atoms with Crippen molar-refractivity contribution in [3.63, 3.8) is 0 Å². The molecular weight excluding hydrogens is 762 g/mol. The maximum atomic E-state index is 14.5. The minimum Gasteiger partial charge on any atom is -0.457 e. The molecule has 4 aliphatic carbocycles. The third-order valence-electron chi connectivity index (χ3n) is 11.1. The predicted octanol–water partition coefficient (Wildman–Crippen LogP) is 10.6. The van der Waals surface area contributed by atoms with Crippen molar-refractivity contribution in [2.75, 3.05) is 0 Å². The Labute approximate surface area is 312 Å². The maximum absolute atomic E-state index is 14.5. The second-order valence-electron chi connectivity index (χ2n) is 14.5. The summed E-state index contributed by atoms with van der Waals surface area (Å²) in [4.78, 5) is 0.